The molecular weight excluding hydrogens is 302 g/mol. The third kappa shape index (κ3) is 8.15. The highest BCUT2D eigenvalue weighted by Crippen LogP contribution is 2.25. The Kier molecular flexibility index (Phi) is 8.67. The number of hydroxylamine groups is 1. The van der Waals surface area contributed by atoms with Crippen molar-refractivity contribution in [3.05, 3.63) is 25.3 Å². The predicted molar refractivity (Wildman–Crippen MR) is 81.7 cm³/mol. The lowest BCUT2D eigenvalue weighted by molar-refractivity contribution is -0.195. The van der Waals surface area contributed by atoms with Gasteiger partial charge in [0.15, 0.2) is 0 Å². The van der Waals surface area contributed by atoms with Crippen LogP contribution in [0.4, 0.5) is 0 Å². The van der Waals surface area contributed by atoms with Gasteiger partial charge in [-0.05, 0) is 18.8 Å². The van der Waals surface area contributed by atoms with Crippen molar-refractivity contribution in [2.24, 2.45) is 5.92 Å². The van der Waals surface area contributed by atoms with E-state index < -0.39 is 18.2 Å². The lowest BCUT2D eigenvalue weighted by Gasteiger charge is -2.21. The van der Waals surface area contributed by atoms with E-state index in [1.54, 1.807) is 0 Å². The van der Waals surface area contributed by atoms with Gasteiger partial charge in [-0.3, -0.25) is 9.63 Å². The third-order valence-electron chi connectivity index (χ3n) is 3.43. The molecule has 1 fully saturated rings. The van der Waals surface area contributed by atoms with Crippen molar-refractivity contribution in [3.63, 3.8) is 0 Å². The van der Waals surface area contributed by atoms with Gasteiger partial charge in [0.05, 0.1) is 0 Å². The van der Waals surface area contributed by atoms with Gasteiger partial charge in [0.25, 0.3) is 6.29 Å². The summed E-state index contributed by atoms with van der Waals surface area (Å²) in [5.41, 5.74) is 2.27. The van der Waals surface area contributed by atoms with Crippen molar-refractivity contribution in [3.8, 4) is 0 Å². The molecule has 1 amide bonds. The summed E-state index contributed by atoms with van der Waals surface area (Å²) in [7, 11) is 0. The zero-order valence-electron chi connectivity index (χ0n) is 13.1. The number of carbonyl (C=O) groups excluding carboxylic acids is 3. The number of amides is 1. The van der Waals surface area contributed by atoms with E-state index in [1.807, 2.05) is 0 Å². The molecule has 1 aliphatic carbocycles. The number of carbonyl (C=O) groups is 3. The molecule has 1 N–H and O–H groups in total. The molecule has 7 heteroatoms. The molecule has 0 aromatic carbocycles. The molecule has 0 unspecified atom stereocenters. The molecule has 0 aromatic rings. The van der Waals surface area contributed by atoms with Crippen LogP contribution in [0.1, 0.15) is 38.5 Å². The van der Waals surface area contributed by atoms with Gasteiger partial charge >= 0.3 is 11.9 Å². The molecule has 128 valence electrons. The van der Waals surface area contributed by atoms with Gasteiger partial charge in [-0.15, -0.1) is 0 Å². The lowest BCUT2D eigenvalue weighted by Crippen LogP contribution is -2.34. The van der Waals surface area contributed by atoms with Gasteiger partial charge < -0.3 is 9.47 Å². The molecule has 23 heavy (non-hydrogen) atoms. The summed E-state index contributed by atoms with van der Waals surface area (Å²) in [6.07, 6.45) is 6.57. The van der Waals surface area contributed by atoms with Crippen LogP contribution in [0.15, 0.2) is 25.3 Å². The van der Waals surface area contributed by atoms with Crippen molar-refractivity contribution < 1.29 is 28.7 Å². The fraction of sp³-hybridized carbons (Fsp3) is 0.562. The van der Waals surface area contributed by atoms with Crippen LogP contribution < -0.4 is 5.48 Å². The van der Waals surface area contributed by atoms with E-state index >= 15 is 0 Å². The summed E-state index contributed by atoms with van der Waals surface area (Å²) in [6.45, 7) is 6.16. The first-order valence-corrected chi connectivity index (χ1v) is 7.62. The minimum atomic E-state index is -1.29. The zero-order valence-corrected chi connectivity index (χ0v) is 13.1. The molecule has 0 aliphatic heterocycles. The third-order valence-corrected chi connectivity index (χ3v) is 3.43. The molecule has 0 heterocycles. The topological polar surface area (TPSA) is 90.9 Å². The van der Waals surface area contributed by atoms with Gasteiger partial charge in [-0.1, -0.05) is 32.4 Å². The second kappa shape index (κ2) is 10.6. The molecule has 1 saturated carbocycles. The molecule has 1 aliphatic rings. The van der Waals surface area contributed by atoms with Crippen LogP contribution in [0.2, 0.25) is 0 Å². The van der Waals surface area contributed by atoms with Gasteiger partial charge in [0.1, 0.15) is 6.61 Å². The Labute approximate surface area is 135 Å². The predicted octanol–water partition coefficient (Wildman–Crippen LogP) is 1.79. The number of nitrogens with one attached hydrogen (secondary N) is 1. The van der Waals surface area contributed by atoms with E-state index in [4.69, 9.17) is 14.3 Å². The van der Waals surface area contributed by atoms with E-state index in [2.05, 4.69) is 18.6 Å². The molecule has 0 saturated heterocycles. The molecule has 7 nitrogen and oxygen atoms in total. The SMILES string of the molecule is C=CC(=O)OC(CONC(=O)CC1CCCCC1)OC(=O)C=C. The van der Waals surface area contributed by atoms with Crippen LogP contribution in [0.5, 0.6) is 0 Å². The summed E-state index contributed by atoms with van der Waals surface area (Å²) >= 11 is 0. The molecular formula is C16H23NO6. The summed E-state index contributed by atoms with van der Waals surface area (Å²) in [5.74, 6) is -1.42. The first-order valence-electron chi connectivity index (χ1n) is 7.62. The van der Waals surface area contributed by atoms with E-state index in [9.17, 15) is 14.4 Å². The molecule has 0 radical (unpaired) electrons. The van der Waals surface area contributed by atoms with Crippen molar-refractivity contribution in [2.75, 3.05) is 6.61 Å². The first kappa shape index (κ1) is 18.9. The quantitative estimate of drug-likeness (QED) is 0.301. The van der Waals surface area contributed by atoms with Crippen LogP contribution >= 0.6 is 0 Å². The lowest BCUT2D eigenvalue weighted by atomic mass is 9.87. The highest BCUT2D eigenvalue weighted by molar-refractivity contribution is 5.83. The summed E-state index contributed by atoms with van der Waals surface area (Å²) in [5, 5.41) is 0. The second-order valence-corrected chi connectivity index (χ2v) is 5.26. The van der Waals surface area contributed by atoms with Gasteiger partial charge in [0, 0.05) is 18.6 Å². The van der Waals surface area contributed by atoms with E-state index in [1.165, 1.54) is 6.42 Å². The largest absolute Gasteiger partial charge is 0.419 e. The zero-order chi connectivity index (χ0) is 17.1. The van der Waals surface area contributed by atoms with E-state index in [-0.39, 0.29) is 12.5 Å². The Bertz CT molecular complexity index is 420. The van der Waals surface area contributed by atoms with E-state index in [0.717, 1.165) is 37.8 Å². The fourth-order valence-electron chi connectivity index (χ4n) is 2.33. The molecule has 0 bridgehead atoms. The number of esters is 2. The molecule has 0 spiro atoms. The van der Waals surface area contributed by atoms with Gasteiger partial charge in [-0.2, -0.15) is 0 Å². The standard InChI is InChI=1S/C16H23NO6/c1-3-14(19)22-16(23-15(20)4-2)11-21-17-13(18)10-12-8-6-5-7-9-12/h3-4,12,16H,1-2,5-11H2,(H,17,18). The van der Waals surface area contributed by atoms with Crippen molar-refractivity contribution in [1.82, 2.24) is 5.48 Å². The second-order valence-electron chi connectivity index (χ2n) is 5.26. The number of hydrogen-bond donors (Lipinski definition) is 1. The van der Waals surface area contributed by atoms with Crippen LogP contribution in [0.25, 0.3) is 0 Å². The minimum absolute atomic E-state index is 0.249. The fourth-order valence-corrected chi connectivity index (χ4v) is 2.33. The Morgan fingerprint density at radius 1 is 1.04 bits per heavy atom. The van der Waals surface area contributed by atoms with Crippen LogP contribution in [-0.2, 0) is 28.7 Å². The maximum Gasteiger partial charge on any atom is 0.333 e. The number of ether oxygens (including phenoxy) is 2. The summed E-state index contributed by atoms with van der Waals surface area (Å²) in [4.78, 5) is 39.0. The average molecular weight is 325 g/mol. The van der Waals surface area contributed by atoms with Crippen molar-refractivity contribution >= 4 is 17.8 Å². The minimum Gasteiger partial charge on any atom is -0.419 e. The Morgan fingerprint density at radius 3 is 2.13 bits per heavy atom. The Hall–Kier alpha value is -2.15. The first-order chi connectivity index (χ1) is 11.0. The molecule has 0 aromatic heterocycles. The monoisotopic (exact) mass is 325 g/mol. The van der Waals surface area contributed by atoms with Crippen LogP contribution in [-0.4, -0.2) is 30.7 Å². The normalized spacial score (nSPS) is 14.8. The van der Waals surface area contributed by atoms with Gasteiger partial charge in [0.2, 0.25) is 5.91 Å². The molecule has 1 rings (SSSR count). The van der Waals surface area contributed by atoms with Gasteiger partial charge in [-0.25, -0.2) is 15.1 Å². The average Bonchev–Trinajstić information content (AvgIpc) is 2.55. The maximum atomic E-state index is 11.8. The highest BCUT2D eigenvalue weighted by Gasteiger charge is 2.20. The van der Waals surface area contributed by atoms with Crippen molar-refractivity contribution in [2.45, 2.75) is 44.8 Å². The summed E-state index contributed by atoms with van der Waals surface area (Å²) < 4.78 is 9.56. The summed E-state index contributed by atoms with van der Waals surface area (Å²) in [6, 6.07) is 0. The number of rotatable bonds is 9. The Balaban J connectivity index is 2.32. The highest BCUT2D eigenvalue weighted by atomic mass is 16.7. The van der Waals surface area contributed by atoms with Crippen LogP contribution in [0.3, 0.4) is 0 Å². The Morgan fingerprint density at radius 2 is 1.61 bits per heavy atom. The van der Waals surface area contributed by atoms with Crippen molar-refractivity contribution in [1.29, 1.82) is 0 Å². The number of hydrogen-bond acceptors (Lipinski definition) is 6. The van der Waals surface area contributed by atoms with E-state index in [0.29, 0.717) is 12.3 Å². The smallest absolute Gasteiger partial charge is 0.333 e. The van der Waals surface area contributed by atoms with Crippen LogP contribution in [0, 0.1) is 5.92 Å². The maximum absolute atomic E-state index is 11.8. The molecule has 0 atom stereocenters.